The van der Waals surface area contributed by atoms with Gasteiger partial charge in [-0.3, -0.25) is 4.90 Å². The van der Waals surface area contributed by atoms with E-state index in [2.05, 4.69) is 31.3 Å². The second-order valence-electron chi connectivity index (χ2n) is 5.61. The van der Waals surface area contributed by atoms with Crippen molar-refractivity contribution in [2.75, 3.05) is 25.0 Å². The average molecular weight is 286 g/mol. The summed E-state index contributed by atoms with van der Waals surface area (Å²) in [5.41, 5.74) is 3.53. The maximum atomic E-state index is 12.3. The zero-order chi connectivity index (χ0) is 14.8. The number of rotatable bonds is 3. The second-order valence-corrected chi connectivity index (χ2v) is 5.61. The van der Waals surface area contributed by atoms with Gasteiger partial charge in [0.05, 0.1) is 6.54 Å². The Morgan fingerprint density at radius 3 is 2.35 bits per heavy atom. The quantitative estimate of drug-likeness (QED) is 0.910. The third-order valence-electron chi connectivity index (χ3n) is 3.87. The Kier molecular flexibility index (Phi) is 4.58. The minimum Gasteiger partial charge on any atom is -0.382 e. The van der Waals surface area contributed by atoms with Crippen molar-refractivity contribution in [3.05, 3.63) is 29.3 Å². The van der Waals surface area contributed by atoms with Crippen LogP contribution in [-0.2, 0) is 0 Å². The van der Waals surface area contributed by atoms with Crippen molar-refractivity contribution in [1.29, 1.82) is 0 Å². The zero-order valence-corrected chi connectivity index (χ0v) is 11.9. The molecule has 112 valence electrons. The Hall–Kier alpha value is -1.23. The number of nitrogens with one attached hydrogen (secondary N) is 1. The molecule has 0 aliphatic carbocycles. The minimum atomic E-state index is -4.09. The average Bonchev–Trinajstić information content (AvgIpc) is 2.35. The number of benzene rings is 1. The van der Waals surface area contributed by atoms with Crippen molar-refractivity contribution in [3.8, 4) is 0 Å². The number of alkyl halides is 3. The summed E-state index contributed by atoms with van der Waals surface area (Å²) in [7, 11) is 0. The van der Waals surface area contributed by atoms with E-state index in [1.54, 1.807) is 0 Å². The molecule has 0 spiro atoms. The lowest BCUT2D eigenvalue weighted by molar-refractivity contribution is -0.147. The number of nitrogens with zero attached hydrogens (tertiary/aromatic N) is 1. The number of piperidine rings is 1. The molecule has 2 nitrogen and oxygen atoms in total. The van der Waals surface area contributed by atoms with E-state index in [0.717, 1.165) is 18.5 Å². The van der Waals surface area contributed by atoms with Crippen molar-refractivity contribution >= 4 is 5.69 Å². The maximum absolute atomic E-state index is 12.3. The van der Waals surface area contributed by atoms with Crippen LogP contribution in [0.3, 0.4) is 0 Å². The number of hydrogen-bond acceptors (Lipinski definition) is 2. The van der Waals surface area contributed by atoms with E-state index in [-0.39, 0.29) is 6.04 Å². The van der Waals surface area contributed by atoms with Gasteiger partial charge in [0.2, 0.25) is 0 Å². The first kappa shape index (κ1) is 15.2. The number of aryl methyl sites for hydroxylation is 2. The van der Waals surface area contributed by atoms with Crippen LogP contribution in [0.5, 0.6) is 0 Å². The van der Waals surface area contributed by atoms with Gasteiger partial charge in [0, 0.05) is 24.8 Å². The number of halogens is 3. The second kappa shape index (κ2) is 6.04. The van der Waals surface area contributed by atoms with Crippen molar-refractivity contribution in [3.63, 3.8) is 0 Å². The SMILES string of the molecule is Cc1ccc(NC2CCN(CC(F)(F)F)CC2)cc1C. The van der Waals surface area contributed by atoms with Crippen LogP contribution in [0.4, 0.5) is 18.9 Å². The molecule has 20 heavy (non-hydrogen) atoms. The van der Waals surface area contributed by atoms with Gasteiger partial charge in [-0.1, -0.05) is 6.07 Å². The van der Waals surface area contributed by atoms with Crippen LogP contribution in [0.2, 0.25) is 0 Å². The molecule has 1 heterocycles. The van der Waals surface area contributed by atoms with Crippen molar-refractivity contribution in [2.24, 2.45) is 0 Å². The molecule has 0 unspecified atom stereocenters. The molecule has 0 bridgehead atoms. The number of likely N-dealkylation sites (tertiary alicyclic amines) is 1. The van der Waals surface area contributed by atoms with E-state index in [9.17, 15) is 13.2 Å². The van der Waals surface area contributed by atoms with E-state index < -0.39 is 12.7 Å². The summed E-state index contributed by atoms with van der Waals surface area (Å²) < 4.78 is 36.9. The Morgan fingerprint density at radius 2 is 1.80 bits per heavy atom. The van der Waals surface area contributed by atoms with Crippen molar-refractivity contribution in [1.82, 2.24) is 4.90 Å². The van der Waals surface area contributed by atoms with Crippen LogP contribution in [0.1, 0.15) is 24.0 Å². The highest BCUT2D eigenvalue weighted by Crippen LogP contribution is 2.22. The lowest BCUT2D eigenvalue weighted by Crippen LogP contribution is -2.43. The van der Waals surface area contributed by atoms with E-state index in [0.29, 0.717) is 13.1 Å². The van der Waals surface area contributed by atoms with Crippen molar-refractivity contribution in [2.45, 2.75) is 38.9 Å². The number of hydrogen-bond donors (Lipinski definition) is 1. The molecular weight excluding hydrogens is 265 g/mol. The third kappa shape index (κ3) is 4.40. The summed E-state index contributed by atoms with van der Waals surface area (Å²) in [6.07, 6.45) is -2.58. The topological polar surface area (TPSA) is 15.3 Å². The van der Waals surface area contributed by atoms with Gasteiger partial charge < -0.3 is 5.32 Å². The molecule has 0 atom stereocenters. The lowest BCUT2D eigenvalue weighted by Gasteiger charge is -2.33. The molecule has 0 radical (unpaired) electrons. The summed E-state index contributed by atoms with van der Waals surface area (Å²) in [5, 5.41) is 3.42. The van der Waals surface area contributed by atoms with Gasteiger partial charge in [-0.2, -0.15) is 13.2 Å². The van der Waals surface area contributed by atoms with Gasteiger partial charge in [-0.25, -0.2) is 0 Å². The number of anilines is 1. The standard InChI is InChI=1S/C15H21F3N2/c1-11-3-4-14(9-12(11)2)19-13-5-7-20(8-6-13)10-15(16,17)18/h3-4,9,13,19H,5-8,10H2,1-2H3. The van der Waals surface area contributed by atoms with E-state index >= 15 is 0 Å². The summed E-state index contributed by atoms with van der Waals surface area (Å²) in [5.74, 6) is 0. The molecular formula is C15H21F3N2. The fraction of sp³-hybridized carbons (Fsp3) is 0.600. The molecule has 1 fully saturated rings. The molecule has 1 aromatic rings. The first-order chi connectivity index (χ1) is 9.33. The third-order valence-corrected chi connectivity index (χ3v) is 3.87. The molecule has 1 aliphatic heterocycles. The molecule has 1 aromatic carbocycles. The Morgan fingerprint density at radius 1 is 1.15 bits per heavy atom. The smallest absolute Gasteiger partial charge is 0.382 e. The lowest BCUT2D eigenvalue weighted by atomic mass is 10.0. The molecule has 1 N–H and O–H groups in total. The van der Waals surface area contributed by atoms with Crippen LogP contribution >= 0.6 is 0 Å². The normalized spacial score (nSPS) is 18.2. The van der Waals surface area contributed by atoms with E-state index in [1.807, 2.05) is 6.07 Å². The first-order valence-corrected chi connectivity index (χ1v) is 6.96. The van der Waals surface area contributed by atoms with E-state index in [4.69, 9.17) is 0 Å². The maximum Gasteiger partial charge on any atom is 0.401 e. The highest BCUT2D eigenvalue weighted by molar-refractivity contribution is 5.48. The molecule has 1 saturated heterocycles. The molecule has 0 aromatic heterocycles. The molecule has 1 aliphatic rings. The highest BCUT2D eigenvalue weighted by Gasteiger charge is 2.32. The minimum absolute atomic E-state index is 0.265. The predicted molar refractivity (Wildman–Crippen MR) is 75.1 cm³/mol. The zero-order valence-electron chi connectivity index (χ0n) is 11.9. The summed E-state index contributed by atoms with van der Waals surface area (Å²) in [4.78, 5) is 1.48. The molecule has 0 amide bonds. The summed E-state index contributed by atoms with van der Waals surface area (Å²) in [6, 6.07) is 6.46. The Labute approximate surface area is 118 Å². The fourth-order valence-corrected chi connectivity index (χ4v) is 2.56. The first-order valence-electron chi connectivity index (χ1n) is 6.96. The van der Waals surface area contributed by atoms with Gasteiger partial charge >= 0.3 is 6.18 Å². The van der Waals surface area contributed by atoms with Gasteiger partial charge in [0.25, 0.3) is 0 Å². The highest BCUT2D eigenvalue weighted by atomic mass is 19.4. The molecule has 5 heteroatoms. The van der Waals surface area contributed by atoms with Gasteiger partial charge in [-0.05, 0) is 49.9 Å². The van der Waals surface area contributed by atoms with Gasteiger partial charge in [-0.15, -0.1) is 0 Å². The van der Waals surface area contributed by atoms with Gasteiger partial charge in [0.15, 0.2) is 0 Å². The van der Waals surface area contributed by atoms with Gasteiger partial charge in [0.1, 0.15) is 0 Å². The van der Waals surface area contributed by atoms with Crippen LogP contribution in [0, 0.1) is 13.8 Å². The van der Waals surface area contributed by atoms with Crippen molar-refractivity contribution < 1.29 is 13.2 Å². The Bertz CT molecular complexity index is 449. The summed E-state index contributed by atoms with van der Waals surface area (Å²) in [6.45, 7) is 4.34. The predicted octanol–water partition coefficient (Wildman–Crippen LogP) is 3.74. The van der Waals surface area contributed by atoms with Crippen LogP contribution < -0.4 is 5.32 Å². The molecule has 2 rings (SSSR count). The van der Waals surface area contributed by atoms with E-state index in [1.165, 1.54) is 16.0 Å². The summed E-state index contributed by atoms with van der Waals surface area (Å²) >= 11 is 0. The van der Waals surface area contributed by atoms with Crippen LogP contribution in [0.25, 0.3) is 0 Å². The van der Waals surface area contributed by atoms with Crippen LogP contribution in [0.15, 0.2) is 18.2 Å². The van der Waals surface area contributed by atoms with Crippen LogP contribution in [-0.4, -0.2) is 36.8 Å². The largest absolute Gasteiger partial charge is 0.401 e. The Balaban J connectivity index is 1.83. The monoisotopic (exact) mass is 286 g/mol. The molecule has 0 saturated carbocycles. The fourth-order valence-electron chi connectivity index (χ4n) is 2.56.